The van der Waals surface area contributed by atoms with E-state index in [1.807, 2.05) is 13.0 Å². The molecular formula is C35H64O6. The van der Waals surface area contributed by atoms with Gasteiger partial charge in [0.2, 0.25) is 0 Å². The third kappa shape index (κ3) is 16.5. The molecule has 0 aromatic heterocycles. The zero-order chi connectivity index (χ0) is 29.7. The first-order valence-electron chi connectivity index (χ1n) is 17.5. The maximum atomic E-state index is 11.6. The number of cyclic esters (lactones) is 1. The molecule has 0 unspecified atom stereocenters. The number of carbonyl (C=O) groups excluding carboxylic acids is 1. The number of unbranched alkanes of at least 4 members (excludes halogenated alkanes) is 16. The predicted octanol–water partition coefficient (Wildman–Crippen LogP) is 8.09. The number of rotatable bonds is 26. The molecule has 0 amide bonds. The Bertz CT molecular complexity index is 694. The van der Waals surface area contributed by atoms with Crippen LogP contribution in [-0.2, 0) is 14.3 Å². The summed E-state index contributed by atoms with van der Waals surface area (Å²) >= 11 is 0. The summed E-state index contributed by atoms with van der Waals surface area (Å²) in [5.74, 6) is -0.280. The van der Waals surface area contributed by atoms with Crippen molar-refractivity contribution in [3.63, 3.8) is 0 Å². The maximum absolute atomic E-state index is 11.6. The van der Waals surface area contributed by atoms with E-state index in [0.717, 1.165) is 64.2 Å². The summed E-state index contributed by atoms with van der Waals surface area (Å²) in [6.45, 7) is 4.10. The predicted molar refractivity (Wildman–Crippen MR) is 167 cm³/mol. The van der Waals surface area contributed by atoms with Crippen LogP contribution in [0.1, 0.15) is 168 Å². The van der Waals surface area contributed by atoms with Crippen molar-refractivity contribution in [3.05, 3.63) is 11.6 Å². The lowest BCUT2D eigenvalue weighted by Gasteiger charge is -2.22. The number of aliphatic hydroxyl groups excluding tert-OH is 3. The first-order valence-corrected chi connectivity index (χ1v) is 17.5. The second-order valence-corrected chi connectivity index (χ2v) is 13.0. The molecular weight excluding hydrogens is 516 g/mol. The Hall–Kier alpha value is -0.950. The van der Waals surface area contributed by atoms with Crippen LogP contribution >= 0.6 is 0 Å². The lowest BCUT2D eigenvalue weighted by molar-refractivity contribution is -0.139. The zero-order valence-corrected chi connectivity index (χ0v) is 26.6. The highest BCUT2D eigenvalue weighted by Gasteiger charge is 2.34. The Labute approximate surface area is 251 Å². The van der Waals surface area contributed by atoms with E-state index in [-0.39, 0.29) is 24.3 Å². The monoisotopic (exact) mass is 580 g/mol. The number of hydrogen-bond donors (Lipinski definition) is 3. The number of esters is 1. The van der Waals surface area contributed by atoms with Crippen LogP contribution in [0.2, 0.25) is 0 Å². The normalized spacial score (nSPS) is 23.0. The molecule has 240 valence electrons. The Balaban J connectivity index is 1.37. The number of hydrogen-bond acceptors (Lipinski definition) is 6. The third-order valence-electron chi connectivity index (χ3n) is 9.03. The van der Waals surface area contributed by atoms with Gasteiger partial charge in [0.15, 0.2) is 0 Å². The van der Waals surface area contributed by atoms with Crippen LogP contribution in [0.4, 0.5) is 0 Å². The van der Waals surface area contributed by atoms with E-state index in [0.29, 0.717) is 12.0 Å². The molecule has 0 aromatic rings. The van der Waals surface area contributed by atoms with Gasteiger partial charge in [0.1, 0.15) is 6.10 Å². The highest BCUT2D eigenvalue weighted by atomic mass is 16.5. The fraction of sp³-hybridized carbons (Fsp3) is 0.914. The van der Waals surface area contributed by atoms with Crippen LogP contribution in [0.5, 0.6) is 0 Å². The minimum absolute atomic E-state index is 0.102. The molecule has 0 radical (unpaired) electrons. The van der Waals surface area contributed by atoms with E-state index in [2.05, 4.69) is 6.92 Å². The molecule has 1 fully saturated rings. The van der Waals surface area contributed by atoms with Gasteiger partial charge >= 0.3 is 5.97 Å². The highest BCUT2D eigenvalue weighted by molar-refractivity contribution is 5.90. The SMILES string of the molecule is CCCCCCCCCCCC[C@H](O)[C@H]1CC[C@H]([C@H](O)CCCCCCCCCC[C@@H](O)CC2=C[C@@H](C)OC2=O)O1. The van der Waals surface area contributed by atoms with Gasteiger partial charge in [-0.1, -0.05) is 122 Å². The molecule has 2 aliphatic heterocycles. The fourth-order valence-electron chi connectivity index (χ4n) is 6.40. The Kier molecular flexibility index (Phi) is 20.0. The molecule has 3 N–H and O–H groups in total. The van der Waals surface area contributed by atoms with Crippen LogP contribution in [0, 0.1) is 0 Å². The fourth-order valence-corrected chi connectivity index (χ4v) is 6.40. The lowest BCUT2D eigenvalue weighted by atomic mass is 9.99. The standard InChI is InChI=1S/C35H64O6/c1-3-4-5-6-7-8-9-13-16-19-22-31(37)33-24-25-34(41-33)32(38)23-20-17-14-11-10-12-15-18-21-30(36)27-29-26-28(2)40-35(29)39/h26,28,30-34,36-38H,3-25,27H2,1-2H3/t28-,30-,31+,32-,33-,34-/m1/s1. The molecule has 0 spiro atoms. The van der Waals surface area contributed by atoms with E-state index in [1.165, 1.54) is 83.5 Å². The molecule has 2 rings (SSSR count). The average Bonchev–Trinajstić information content (AvgIpc) is 3.57. The van der Waals surface area contributed by atoms with Crippen molar-refractivity contribution in [3.8, 4) is 0 Å². The van der Waals surface area contributed by atoms with Gasteiger partial charge in [-0.3, -0.25) is 0 Å². The van der Waals surface area contributed by atoms with Gasteiger partial charge < -0.3 is 24.8 Å². The molecule has 6 atom stereocenters. The van der Waals surface area contributed by atoms with Gasteiger partial charge in [-0.15, -0.1) is 0 Å². The topological polar surface area (TPSA) is 96.2 Å². The summed E-state index contributed by atoms with van der Waals surface area (Å²) in [5, 5.41) is 31.4. The molecule has 0 aromatic carbocycles. The second kappa shape index (κ2) is 22.6. The molecule has 0 bridgehead atoms. The van der Waals surface area contributed by atoms with Crippen molar-refractivity contribution < 1.29 is 29.6 Å². The molecule has 0 aliphatic carbocycles. The summed E-state index contributed by atoms with van der Waals surface area (Å²) in [5.41, 5.74) is 0.617. The van der Waals surface area contributed by atoms with Crippen LogP contribution < -0.4 is 0 Å². The third-order valence-corrected chi connectivity index (χ3v) is 9.03. The van der Waals surface area contributed by atoms with Crippen molar-refractivity contribution in [1.82, 2.24) is 0 Å². The van der Waals surface area contributed by atoms with E-state index in [1.54, 1.807) is 0 Å². The summed E-state index contributed by atoms with van der Waals surface area (Å²) in [7, 11) is 0. The van der Waals surface area contributed by atoms with Crippen molar-refractivity contribution in [2.24, 2.45) is 0 Å². The molecule has 6 heteroatoms. The van der Waals surface area contributed by atoms with Gasteiger partial charge in [-0.05, 0) is 45.1 Å². The Morgan fingerprint density at radius 2 is 1.10 bits per heavy atom. The van der Waals surface area contributed by atoms with Crippen LogP contribution in [0.3, 0.4) is 0 Å². The molecule has 41 heavy (non-hydrogen) atoms. The van der Waals surface area contributed by atoms with E-state index >= 15 is 0 Å². The molecule has 1 saturated heterocycles. The first-order chi connectivity index (χ1) is 19.9. The van der Waals surface area contributed by atoms with Crippen molar-refractivity contribution >= 4 is 5.97 Å². The quantitative estimate of drug-likeness (QED) is 0.0707. The summed E-state index contributed by atoms with van der Waals surface area (Å²) in [4.78, 5) is 11.6. The number of aliphatic hydroxyl groups is 3. The lowest BCUT2D eigenvalue weighted by Crippen LogP contribution is -2.31. The van der Waals surface area contributed by atoms with Gasteiger partial charge in [0, 0.05) is 12.0 Å². The summed E-state index contributed by atoms with van der Waals surface area (Å²) in [6, 6.07) is 0. The molecule has 2 aliphatic rings. The van der Waals surface area contributed by atoms with Crippen LogP contribution in [0.15, 0.2) is 11.6 Å². The number of ether oxygens (including phenoxy) is 2. The largest absolute Gasteiger partial charge is 0.455 e. The van der Waals surface area contributed by atoms with E-state index in [9.17, 15) is 20.1 Å². The first kappa shape index (κ1) is 36.2. The van der Waals surface area contributed by atoms with Gasteiger partial charge in [0.25, 0.3) is 0 Å². The van der Waals surface area contributed by atoms with Gasteiger partial charge in [-0.2, -0.15) is 0 Å². The van der Waals surface area contributed by atoms with E-state index in [4.69, 9.17) is 9.47 Å². The molecule has 0 saturated carbocycles. The van der Waals surface area contributed by atoms with Gasteiger partial charge in [-0.25, -0.2) is 4.79 Å². The summed E-state index contributed by atoms with van der Waals surface area (Å²) in [6.07, 6.45) is 26.7. The average molecular weight is 581 g/mol. The van der Waals surface area contributed by atoms with Crippen molar-refractivity contribution in [2.75, 3.05) is 0 Å². The Morgan fingerprint density at radius 3 is 1.51 bits per heavy atom. The second-order valence-electron chi connectivity index (χ2n) is 13.0. The van der Waals surface area contributed by atoms with Crippen molar-refractivity contribution in [1.29, 1.82) is 0 Å². The highest BCUT2D eigenvalue weighted by Crippen LogP contribution is 2.28. The maximum Gasteiger partial charge on any atom is 0.334 e. The van der Waals surface area contributed by atoms with E-state index < -0.39 is 18.3 Å². The molecule has 2 heterocycles. The molecule has 6 nitrogen and oxygen atoms in total. The van der Waals surface area contributed by atoms with Crippen LogP contribution in [0.25, 0.3) is 0 Å². The minimum atomic E-state index is -0.461. The van der Waals surface area contributed by atoms with Gasteiger partial charge in [0.05, 0.1) is 30.5 Å². The van der Waals surface area contributed by atoms with Crippen molar-refractivity contribution in [2.45, 2.75) is 205 Å². The minimum Gasteiger partial charge on any atom is -0.455 e. The number of carbonyl (C=O) groups is 1. The Morgan fingerprint density at radius 1 is 0.683 bits per heavy atom. The smallest absolute Gasteiger partial charge is 0.334 e. The zero-order valence-electron chi connectivity index (χ0n) is 26.6. The summed E-state index contributed by atoms with van der Waals surface area (Å²) < 4.78 is 11.2. The van der Waals surface area contributed by atoms with Crippen LogP contribution in [-0.4, -0.2) is 57.9 Å².